The van der Waals surface area contributed by atoms with Gasteiger partial charge in [-0.1, -0.05) is 30.3 Å². The van der Waals surface area contributed by atoms with E-state index in [1.807, 2.05) is 30.3 Å². The Balaban J connectivity index is 1.47. The van der Waals surface area contributed by atoms with Crippen molar-refractivity contribution in [1.29, 1.82) is 0 Å². The van der Waals surface area contributed by atoms with Gasteiger partial charge in [-0.3, -0.25) is 0 Å². The number of fused-ring (bicyclic) bond motifs is 1. The van der Waals surface area contributed by atoms with Crippen LogP contribution < -0.4 is 0 Å². The maximum absolute atomic E-state index is 9.73. The summed E-state index contributed by atoms with van der Waals surface area (Å²) >= 11 is 0. The van der Waals surface area contributed by atoms with Gasteiger partial charge < -0.3 is 14.6 Å². The summed E-state index contributed by atoms with van der Waals surface area (Å²) < 4.78 is 11.0. The molecule has 3 rings (SSSR count). The van der Waals surface area contributed by atoms with Crippen LogP contribution in [0.5, 0.6) is 0 Å². The van der Waals surface area contributed by atoms with Gasteiger partial charge in [0.25, 0.3) is 0 Å². The Labute approximate surface area is 95.0 Å². The average Bonchev–Trinajstić information content (AvgIpc) is 2.98. The van der Waals surface area contributed by atoms with E-state index in [2.05, 4.69) is 0 Å². The second-order valence-corrected chi connectivity index (χ2v) is 4.61. The molecule has 1 aromatic rings. The van der Waals surface area contributed by atoms with Gasteiger partial charge in [-0.2, -0.15) is 0 Å². The first-order valence-corrected chi connectivity index (χ1v) is 5.80. The number of hydrogen-bond donors (Lipinski definition) is 1. The topological polar surface area (TPSA) is 42.0 Å². The van der Waals surface area contributed by atoms with E-state index >= 15 is 0 Å². The molecule has 1 saturated heterocycles. The molecule has 1 N–H and O–H groups in total. The Hall–Kier alpha value is -0.900. The summed E-state index contributed by atoms with van der Waals surface area (Å²) in [4.78, 5) is 0. The molecule has 1 heterocycles. The molecule has 1 saturated carbocycles. The molecule has 0 amide bonds. The monoisotopic (exact) mass is 220 g/mol. The van der Waals surface area contributed by atoms with E-state index in [1.165, 1.54) is 5.56 Å². The van der Waals surface area contributed by atoms with Gasteiger partial charge in [0.15, 0.2) is 0 Å². The summed E-state index contributed by atoms with van der Waals surface area (Å²) in [6, 6.07) is 10.1. The number of rotatable bonds is 4. The molecule has 3 nitrogen and oxygen atoms in total. The molecule has 1 aliphatic carbocycles. The zero-order valence-electron chi connectivity index (χ0n) is 9.08. The maximum Gasteiger partial charge on any atom is 0.0917 e. The van der Waals surface area contributed by atoms with Crippen molar-refractivity contribution in [2.24, 2.45) is 5.92 Å². The molecule has 0 radical (unpaired) electrons. The first-order chi connectivity index (χ1) is 7.84. The standard InChI is InChI=1S/C13H16O3/c14-11-6-12-13(16-12)10(11)8-15-7-9-4-2-1-3-5-9/h1-5,10-14H,6-8H2/t10-,11+,12-,13+/m0/s1. The summed E-state index contributed by atoms with van der Waals surface area (Å²) in [6.07, 6.45) is 1.11. The Kier molecular flexibility index (Phi) is 2.67. The molecule has 4 atom stereocenters. The van der Waals surface area contributed by atoms with Crippen LogP contribution in [0.3, 0.4) is 0 Å². The number of benzene rings is 1. The largest absolute Gasteiger partial charge is 0.393 e. The van der Waals surface area contributed by atoms with Gasteiger partial charge in [-0.25, -0.2) is 0 Å². The fourth-order valence-corrected chi connectivity index (χ4v) is 2.45. The Morgan fingerprint density at radius 3 is 2.81 bits per heavy atom. The summed E-state index contributed by atoms with van der Waals surface area (Å²) in [5, 5.41) is 9.73. The van der Waals surface area contributed by atoms with Crippen molar-refractivity contribution < 1.29 is 14.6 Å². The van der Waals surface area contributed by atoms with E-state index in [9.17, 15) is 5.11 Å². The van der Waals surface area contributed by atoms with Crippen molar-refractivity contribution in [2.75, 3.05) is 6.61 Å². The summed E-state index contributed by atoms with van der Waals surface area (Å²) in [5.74, 6) is 0.175. The molecule has 0 unspecified atom stereocenters. The lowest BCUT2D eigenvalue weighted by atomic mass is 10.1. The molecule has 1 aliphatic heterocycles. The molecule has 0 aromatic heterocycles. The fraction of sp³-hybridized carbons (Fsp3) is 0.538. The Morgan fingerprint density at radius 1 is 1.31 bits per heavy atom. The van der Waals surface area contributed by atoms with Gasteiger partial charge >= 0.3 is 0 Å². The van der Waals surface area contributed by atoms with Crippen molar-refractivity contribution in [3.05, 3.63) is 35.9 Å². The van der Waals surface area contributed by atoms with Crippen LogP contribution in [0, 0.1) is 5.92 Å². The second-order valence-electron chi connectivity index (χ2n) is 4.61. The molecular formula is C13H16O3. The first kappa shape index (κ1) is 10.3. The minimum atomic E-state index is -0.237. The van der Waals surface area contributed by atoms with E-state index in [-0.39, 0.29) is 18.1 Å². The molecule has 3 heteroatoms. The highest BCUT2D eigenvalue weighted by Gasteiger charge is 2.55. The third-order valence-electron chi connectivity index (χ3n) is 3.43. The normalized spacial score (nSPS) is 36.1. The van der Waals surface area contributed by atoms with Crippen LogP contribution in [0.15, 0.2) is 30.3 Å². The van der Waals surface area contributed by atoms with Crippen LogP contribution in [-0.4, -0.2) is 30.0 Å². The zero-order valence-corrected chi connectivity index (χ0v) is 9.08. The highest BCUT2D eigenvalue weighted by atomic mass is 16.6. The van der Waals surface area contributed by atoms with E-state index < -0.39 is 0 Å². The van der Waals surface area contributed by atoms with Crippen molar-refractivity contribution in [2.45, 2.75) is 31.3 Å². The smallest absolute Gasteiger partial charge is 0.0917 e. The van der Waals surface area contributed by atoms with Crippen LogP contribution in [0.4, 0.5) is 0 Å². The Bertz CT molecular complexity index is 349. The number of epoxide rings is 1. The molecular weight excluding hydrogens is 204 g/mol. The van der Waals surface area contributed by atoms with Gasteiger partial charge in [0.1, 0.15) is 0 Å². The summed E-state index contributed by atoms with van der Waals surface area (Å²) in [5.41, 5.74) is 1.17. The quantitative estimate of drug-likeness (QED) is 0.779. The van der Waals surface area contributed by atoms with Gasteiger partial charge in [-0.15, -0.1) is 0 Å². The summed E-state index contributed by atoms with van der Waals surface area (Å²) in [7, 11) is 0. The third kappa shape index (κ3) is 1.98. The van der Waals surface area contributed by atoms with Gasteiger partial charge in [0.2, 0.25) is 0 Å². The number of ether oxygens (including phenoxy) is 2. The molecule has 2 aliphatic rings. The minimum absolute atomic E-state index is 0.175. The molecule has 2 fully saturated rings. The van der Waals surface area contributed by atoms with Crippen LogP contribution >= 0.6 is 0 Å². The Morgan fingerprint density at radius 2 is 2.12 bits per heavy atom. The van der Waals surface area contributed by atoms with Gasteiger partial charge in [0, 0.05) is 12.3 Å². The number of aliphatic hydroxyl groups excluding tert-OH is 1. The van der Waals surface area contributed by atoms with Crippen molar-refractivity contribution in [1.82, 2.24) is 0 Å². The van der Waals surface area contributed by atoms with E-state index in [4.69, 9.17) is 9.47 Å². The summed E-state index contributed by atoms with van der Waals surface area (Å²) in [6.45, 7) is 1.21. The number of hydrogen-bond acceptors (Lipinski definition) is 3. The van der Waals surface area contributed by atoms with E-state index in [0.717, 1.165) is 6.42 Å². The van der Waals surface area contributed by atoms with Crippen molar-refractivity contribution in [3.63, 3.8) is 0 Å². The van der Waals surface area contributed by atoms with Crippen LogP contribution in [0.1, 0.15) is 12.0 Å². The molecule has 16 heavy (non-hydrogen) atoms. The van der Waals surface area contributed by atoms with E-state index in [1.54, 1.807) is 0 Å². The van der Waals surface area contributed by atoms with Gasteiger partial charge in [0.05, 0.1) is 31.5 Å². The highest BCUT2D eigenvalue weighted by Crippen LogP contribution is 2.43. The van der Waals surface area contributed by atoms with Crippen LogP contribution in [-0.2, 0) is 16.1 Å². The number of aliphatic hydroxyl groups is 1. The average molecular weight is 220 g/mol. The zero-order chi connectivity index (χ0) is 11.0. The molecule has 1 aromatic carbocycles. The highest BCUT2D eigenvalue weighted by molar-refractivity contribution is 5.13. The van der Waals surface area contributed by atoms with Crippen molar-refractivity contribution in [3.8, 4) is 0 Å². The van der Waals surface area contributed by atoms with Crippen LogP contribution in [0.2, 0.25) is 0 Å². The maximum atomic E-state index is 9.73. The van der Waals surface area contributed by atoms with Crippen LogP contribution in [0.25, 0.3) is 0 Å². The lowest BCUT2D eigenvalue weighted by Gasteiger charge is -2.16. The molecule has 86 valence electrons. The lowest BCUT2D eigenvalue weighted by molar-refractivity contribution is 0.00570. The molecule has 0 bridgehead atoms. The minimum Gasteiger partial charge on any atom is -0.393 e. The fourth-order valence-electron chi connectivity index (χ4n) is 2.45. The van der Waals surface area contributed by atoms with Crippen molar-refractivity contribution >= 4 is 0 Å². The predicted octanol–water partition coefficient (Wildman–Crippen LogP) is 1.35. The van der Waals surface area contributed by atoms with E-state index in [0.29, 0.717) is 19.3 Å². The third-order valence-corrected chi connectivity index (χ3v) is 3.43. The lowest BCUT2D eigenvalue weighted by Crippen LogP contribution is -2.25. The second kappa shape index (κ2) is 4.17. The van der Waals surface area contributed by atoms with Gasteiger partial charge in [-0.05, 0) is 5.56 Å². The molecule has 0 spiro atoms. The first-order valence-electron chi connectivity index (χ1n) is 5.80. The predicted molar refractivity (Wildman–Crippen MR) is 58.9 cm³/mol. The SMILES string of the molecule is O[C@@H]1C[C@@H]2O[C@@H]2[C@H]1COCc1ccccc1.